The van der Waals surface area contributed by atoms with Crippen LogP contribution in [0.2, 0.25) is 0 Å². The van der Waals surface area contributed by atoms with Crippen molar-refractivity contribution in [2.75, 3.05) is 5.32 Å². The minimum absolute atomic E-state index is 0.164. The van der Waals surface area contributed by atoms with Crippen LogP contribution in [0, 0.1) is 13.8 Å². The Balaban J connectivity index is 2.03. The van der Waals surface area contributed by atoms with E-state index in [0.29, 0.717) is 5.11 Å². The summed E-state index contributed by atoms with van der Waals surface area (Å²) < 4.78 is 1.03. The smallest absolute Gasteiger partial charge is 0.171 e. The molecule has 2 N–H and O–H groups in total. The van der Waals surface area contributed by atoms with E-state index in [4.69, 9.17) is 12.2 Å². The first-order valence-electron chi connectivity index (χ1n) is 6.86. The van der Waals surface area contributed by atoms with Gasteiger partial charge in [-0.05, 0) is 62.3 Å². The van der Waals surface area contributed by atoms with Crippen molar-refractivity contribution in [3.8, 4) is 0 Å². The first kappa shape index (κ1) is 16.0. The molecule has 2 aromatic carbocycles. The van der Waals surface area contributed by atoms with Crippen molar-refractivity contribution in [1.29, 1.82) is 0 Å². The number of halogens is 1. The topological polar surface area (TPSA) is 24.1 Å². The van der Waals surface area contributed by atoms with Crippen LogP contribution in [0.3, 0.4) is 0 Å². The monoisotopic (exact) mass is 362 g/mol. The van der Waals surface area contributed by atoms with Crippen molar-refractivity contribution in [1.82, 2.24) is 5.32 Å². The van der Waals surface area contributed by atoms with Gasteiger partial charge in [0.15, 0.2) is 5.11 Å². The Hall–Kier alpha value is -1.39. The van der Waals surface area contributed by atoms with Gasteiger partial charge in [-0.1, -0.05) is 45.8 Å². The number of rotatable bonds is 3. The standard InChI is InChI=1S/C17H19BrN2S/c1-11-7-8-12(2)16(9-11)13(3)19-17(21)20-15-6-4-5-14(18)10-15/h4-10,13H,1-3H3,(H2,19,20,21)/t13-/m1/s1. The number of aryl methyl sites for hydroxylation is 2. The van der Waals surface area contributed by atoms with Gasteiger partial charge < -0.3 is 10.6 Å². The fourth-order valence-electron chi connectivity index (χ4n) is 2.23. The van der Waals surface area contributed by atoms with Crippen LogP contribution in [0.5, 0.6) is 0 Å². The Labute approximate surface area is 140 Å². The summed E-state index contributed by atoms with van der Waals surface area (Å²) in [7, 11) is 0. The summed E-state index contributed by atoms with van der Waals surface area (Å²) in [6.07, 6.45) is 0. The van der Waals surface area contributed by atoms with Gasteiger partial charge in [0.25, 0.3) is 0 Å². The van der Waals surface area contributed by atoms with Crippen LogP contribution in [0.25, 0.3) is 0 Å². The molecule has 0 heterocycles. The molecule has 0 amide bonds. The summed E-state index contributed by atoms with van der Waals surface area (Å²) in [5, 5.41) is 7.17. The zero-order valence-electron chi connectivity index (χ0n) is 12.4. The molecule has 2 nitrogen and oxygen atoms in total. The summed E-state index contributed by atoms with van der Waals surface area (Å²) in [4.78, 5) is 0. The van der Waals surface area contributed by atoms with E-state index in [2.05, 4.69) is 65.5 Å². The van der Waals surface area contributed by atoms with Crippen LogP contribution >= 0.6 is 28.1 Å². The van der Waals surface area contributed by atoms with Gasteiger partial charge in [0.1, 0.15) is 0 Å². The maximum atomic E-state index is 5.39. The van der Waals surface area contributed by atoms with E-state index in [9.17, 15) is 0 Å². The third-order valence-electron chi connectivity index (χ3n) is 3.33. The van der Waals surface area contributed by atoms with Crippen LogP contribution in [-0.4, -0.2) is 5.11 Å². The minimum Gasteiger partial charge on any atom is -0.356 e. The molecule has 0 unspecified atom stereocenters. The number of anilines is 1. The van der Waals surface area contributed by atoms with Gasteiger partial charge in [0.05, 0.1) is 6.04 Å². The molecular formula is C17H19BrN2S. The van der Waals surface area contributed by atoms with Crippen LogP contribution in [0.1, 0.15) is 29.7 Å². The van der Waals surface area contributed by atoms with Crippen molar-refractivity contribution < 1.29 is 0 Å². The average Bonchev–Trinajstić information content (AvgIpc) is 2.41. The highest BCUT2D eigenvalue weighted by molar-refractivity contribution is 9.10. The fraction of sp³-hybridized carbons (Fsp3) is 0.235. The largest absolute Gasteiger partial charge is 0.356 e. The number of thiocarbonyl (C=S) groups is 1. The van der Waals surface area contributed by atoms with E-state index >= 15 is 0 Å². The highest BCUT2D eigenvalue weighted by atomic mass is 79.9. The molecule has 0 aliphatic carbocycles. The molecule has 0 aromatic heterocycles. The van der Waals surface area contributed by atoms with Crippen molar-refractivity contribution in [2.24, 2.45) is 0 Å². The molecular weight excluding hydrogens is 344 g/mol. The van der Waals surface area contributed by atoms with Gasteiger partial charge in [-0.15, -0.1) is 0 Å². The summed E-state index contributed by atoms with van der Waals surface area (Å²) in [6.45, 7) is 6.35. The normalized spacial score (nSPS) is 11.8. The summed E-state index contributed by atoms with van der Waals surface area (Å²) in [5.74, 6) is 0. The van der Waals surface area contributed by atoms with Crippen LogP contribution in [0.15, 0.2) is 46.9 Å². The van der Waals surface area contributed by atoms with E-state index in [1.165, 1.54) is 16.7 Å². The van der Waals surface area contributed by atoms with Crippen molar-refractivity contribution in [2.45, 2.75) is 26.8 Å². The zero-order chi connectivity index (χ0) is 15.4. The second-order valence-corrected chi connectivity index (χ2v) is 6.51. The molecule has 0 spiro atoms. The first-order chi connectivity index (χ1) is 9.95. The first-order valence-corrected chi connectivity index (χ1v) is 8.06. The lowest BCUT2D eigenvalue weighted by Crippen LogP contribution is -2.31. The SMILES string of the molecule is Cc1ccc(C)c([C@@H](C)NC(=S)Nc2cccc(Br)c2)c1. The number of benzene rings is 2. The Morgan fingerprint density at radius 3 is 2.62 bits per heavy atom. The zero-order valence-corrected chi connectivity index (χ0v) is 14.8. The maximum absolute atomic E-state index is 5.39. The third-order valence-corrected chi connectivity index (χ3v) is 4.04. The molecule has 21 heavy (non-hydrogen) atoms. The van der Waals surface area contributed by atoms with Gasteiger partial charge in [-0.2, -0.15) is 0 Å². The molecule has 4 heteroatoms. The molecule has 0 saturated carbocycles. The minimum atomic E-state index is 0.164. The van der Waals surface area contributed by atoms with Crippen LogP contribution in [0.4, 0.5) is 5.69 Å². The molecule has 0 fully saturated rings. The molecule has 0 aliphatic rings. The predicted molar refractivity (Wildman–Crippen MR) is 97.8 cm³/mol. The van der Waals surface area contributed by atoms with E-state index in [-0.39, 0.29) is 6.04 Å². The van der Waals surface area contributed by atoms with Gasteiger partial charge in [0.2, 0.25) is 0 Å². The van der Waals surface area contributed by atoms with Gasteiger partial charge in [-0.3, -0.25) is 0 Å². The highest BCUT2D eigenvalue weighted by Gasteiger charge is 2.10. The highest BCUT2D eigenvalue weighted by Crippen LogP contribution is 2.20. The molecule has 1 atom stereocenters. The van der Waals surface area contributed by atoms with Crippen molar-refractivity contribution >= 4 is 38.9 Å². The Morgan fingerprint density at radius 2 is 1.90 bits per heavy atom. The van der Waals surface area contributed by atoms with Gasteiger partial charge in [-0.25, -0.2) is 0 Å². The van der Waals surface area contributed by atoms with E-state index in [0.717, 1.165) is 10.2 Å². The lowest BCUT2D eigenvalue weighted by Gasteiger charge is -2.19. The molecule has 0 saturated heterocycles. The molecule has 110 valence electrons. The Bertz CT molecular complexity index is 655. The number of hydrogen-bond donors (Lipinski definition) is 2. The predicted octanol–water partition coefficient (Wildman–Crippen LogP) is 5.11. The quantitative estimate of drug-likeness (QED) is 0.741. The summed E-state index contributed by atoms with van der Waals surface area (Å²) in [6, 6.07) is 14.6. The van der Waals surface area contributed by atoms with E-state index in [1.807, 2.05) is 24.3 Å². The molecule has 2 rings (SSSR count). The Kier molecular flexibility index (Phi) is 5.37. The van der Waals surface area contributed by atoms with Crippen molar-refractivity contribution in [3.05, 3.63) is 63.6 Å². The second kappa shape index (κ2) is 7.05. The third kappa shape index (κ3) is 4.55. The van der Waals surface area contributed by atoms with Gasteiger partial charge in [0, 0.05) is 10.2 Å². The molecule has 0 radical (unpaired) electrons. The second-order valence-electron chi connectivity index (χ2n) is 5.19. The van der Waals surface area contributed by atoms with Gasteiger partial charge >= 0.3 is 0 Å². The lowest BCUT2D eigenvalue weighted by molar-refractivity contribution is 0.716. The van der Waals surface area contributed by atoms with Crippen LogP contribution < -0.4 is 10.6 Å². The van der Waals surface area contributed by atoms with Crippen molar-refractivity contribution in [3.63, 3.8) is 0 Å². The number of nitrogens with one attached hydrogen (secondary N) is 2. The fourth-order valence-corrected chi connectivity index (χ4v) is 2.93. The average molecular weight is 363 g/mol. The molecule has 2 aromatic rings. The Morgan fingerprint density at radius 1 is 1.14 bits per heavy atom. The maximum Gasteiger partial charge on any atom is 0.171 e. The lowest BCUT2D eigenvalue weighted by atomic mass is 10.0. The molecule has 0 bridgehead atoms. The molecule has 0 aliphatic heterocycles. The van der Waals surface area contributed by atoms with E-state index < -0.39 is 0 Å². The van der Waals surface area contributed by atoms with E-state index in [1.54, 1.807) is 0 Å². The summed E-state index contributed by atoms with van der Waals surface area (Å²) in [5.41, 5.74) is 4.77. The summed E-state index contributed by atoms with van der Waals surface area (Å²) >= 11 is 8.85. The number of hydrogen-bond acceptors (Lipinski definition) is 1. The van der Waals surface area contributed by atoms with Crippen LogP contribution in [-0.2, 0) is 0 Å².